The highest BCUT2D eigenvalue weighted by molar-refractivity contribution is 7.87. The van der Waals surface area contributed by atoms with Gasteiger partial charge in [-0.05, 0) is 50.2 Å². The lowest BCUT2D eigenvalue weighted by molar-refractivity contribution is 0.449. The van der Waals surface area contributed by atoms with Crippen LogP contribution in [0.25, 0.3) is 0 Å². The number of hydrogen-bond donors (Lipinski definition) is 0. The topological polar surface area (TPSA) is 86.7 Å². The summed E-state index contributed by atoms with van der Waals surface area (Å²) in [5, 5.41) is 0. The molecule has 0 saturated carbocycles. The predicted molar refractivity (Wildman–Crippen MR) is 104 cm³/mol. The predicted octanol–water partition coefficient (Wildman–Crippen LogP) is 3.84. The van der Waals surface area contributed by atoms with Crippen LogP contribution in [0.2, 0.25) is 0 Å². The molecule has 0 aliphatic heterocycles. The van der Waals surface area contributed by atoms with Crippen molar-refractivity contribution in [2.75, 3.05) is 0 Å². The SMILES string of the molecule is Cc1ccc(S(=O)(=O)Oc2ccccc2OS(=O)(=O)c2ccc(C)cc2)cc1. The number of benzene rings is 3. The minimum absolute atomic E-state index is 0.0469. The molecular formula is C20H18O6S2. The fourth-order valence-corrected chi connectivity index (χ4v) is 4.21. The lowest BCUT2D eigenvalue weighted by atomic mass is 10.2. The number of hydrogen-bond acceptors (Lipinski definition) is 6. The minimum Gasteiger partial charge on any atom is -0.375 e. The maximum absolute atomic E-state index is 12.5. The van der Waals surface area contributed by atoms with Crippen LogP contribution in [0.1, 0.15) is 11.1 Å². The quantitative estimate of drug-likeness (QED) is 0.565. The van der Waals surface area contributed by atoms with Crippen molar-refractivity contribution in [3.05, 3.63) is 83.9 Å². The van der Waals surface area contributed by atoms with E-state index < -0.39 is 20.2 Å². The van der Waals surface area contributed by atoms with Gasteiger partial charge in [0, 0.05) is 0 Å². The first-order chi connectivity index (χ1) is 13.2. The number of para-hydroxylation sites is 2. The smallest absolute Gasteiger partial charge is 0.339 e. The van der Waals surface area contributed by atoms with Crippen LogP contribution in [-0.4, -0.2) is 16.8 Å². The van der Waals surface area contributed by atoms with E-state index in [-0.39, 0.29) is 21.3 Å². The van der Waals surface area contributed by atoms with Crippen molar-refractivity contribution in [2.45, 2.75) is 23.6 Å². The molecule has 0 radical (unpaired) electrons. The molecule has 0 N–H and O–H groups in total. The molecule has 0 atom stereocenters. The van der Waals surface area contributed by atoms with Crippen LogP contribution in [-0.2, 0) is 20.2 Å². The molecule has 0 heterocycles. The summed E-state index contributed by atoms with van der Waals surface area (Å²) in [4.78, 5) is -0.0939. The van der Waals surface area contributed by atoms with Gasteiger partial charge in [0.25, 0.3) is 0 Å². The van der Waals surface area contributed by atoms with Crippen LogP contribution in [0, 0.1) is 13.8 Å². The first-order valence-corrected chi connectivity index (χ1v) is 11.1. The first-order valence-electron chi connectivity index (χ1n) is 8.29. The van der Waals surface area contributed by atoms with E-state index in [1.165, 1.54) is 48.5 Å². The van der Waals surface area contributed by atoms with Crippen molar-refractivity contribution in [2.24, 2.45) is 0 Å². The van der Waals surface area contributed by atoms with Gasteiger partial charge in [-0.15, -0.1) is 0 Å². The Labute approximate surface area is 164 Å². The summed E-state index contributed by atoms with van der Waals surface area (Å²) in [6, 6.07) is 17.9. The summed E-state index contributed by atoms with van der Waals surface area (Å²) in [7, 11) is -8.31. The van der Waals surface area contributed by atoms with E-state index in [0.29, 0.717) is 0 Å². The minimum atomic E-state index is -4.15. The van der Waals surface area contributed by atoms with E-state index in [2.05, 4.69) is 0 Å². The highest BCUT2D eigenvalue weighted by atomic mass is 32.2. The fourth-order valence-electron chi connectivity index (χ4n) is 2.33. The fraction of sp³-hybridized carbons (Fsp3) is 0.100. The zero-order valence-electron chi connectivity index (χ0n) is 15.2. The van der Waals surface area contributed by atoms with E-state index >= 15 is 0 Å². The van der Waals surface area contributed by atoms with Crippen molar-refractivity contribution < 1.29 is 25.2 Å². The molecule has 3 aromatic rings. The van der Waals surface area contributed by atoms with Gasteiger partial charge in [0.05, 0.1) is 0 Å². The van der Waals surface area contributed by atoms with E-state index in [4.69, 9.17) is 8.37 Å². The van der Waals surface area contributed by atoms with Crippen molar-refractivity contribution in [1.29, 1.82) is 0 Å². The molecule has 0 amide bonds. The first kappa shape index (κ1) is 19.9. The summed E-state index contributed by atoms with van der Waals surface area (Å²) in [5.74, 6) is -0.447. The second-order valence-corrected chi connectivity index (χ2v) is 9.24. The molecule has 0 aliphatic carbocycles. The average molecular weight is 418 g/mol. The Morgan fingerprint density at radius 3 is 1.18 bits per heavy atom. The van der Waals surface area contributed by atoms with Crippen LogP contribution in [0.15, 0.2) is 82.6 Å². The van der Waals surface area contributed by atoms with Crippen molar-refractivity contribution in [3.8, 4) is 11.5 Å². The molecule has 0 fully saturated rings. The van der Waals surface area contributed by atoms with Gasteiger partial charge in [0.1, 0.15) is 9.79 Å². The van der Waals surface area contributed by atoms with E-state index in [9.17, 15) is 16.8 Å². The molecule has 0 aromatic heterocycles. The second kappa shape index (κ2) is 7.65. The van der Waals surface area contributed by atoms with Gasteiger partial charge in [0.2, 0.25) is 0 Å². The van der Waals surface area contributed by atoms with E-state index in [1.54, 1.807) is 24.3 Å². The Balaban J connectivity index is 1.91. The third-order valence-electron chi connectivity index (χ3n) is 3.87. The molecule has 0 bridgehead atoms. The highest BCUT2D eigenvalue weighted by Crippen LogP contribution is 2.32. The van der Waals surface area contributed by atoms with Crippen LogP contribution < -0.4 is 8.37 Å². The maximum Gasteiger partial charge on any atom is 0.339 e. The van der Waals surface area contributed by atoms with Crippen LogP contribution in [0.4, 0.5) is 0 Å². The van der Waals surface area contributed by atoms with Gasteiger partial charge in [-0.1, -0.05) is 47.5 Å². The second-order valence-electron chi connectivity index (χ2n) is 6.15. The Hall–Kier alpha value is -2.84. The summed E-state index contributed by atoms with van der Waals surface area (Å²) >= 11 is 0. The van der Waals surface area contributed by atoms with Crippen LogP contribution in [0.5, 0.6) is 11.5 Å². The number of aryl methyl sites for hydroxylation is 2. The third kappa shape index (κ3) is 4.52. The largest absolute Gasteiger partial charge is 0.375 e. The molecule has 0 unspecified atom stereocenters. The summed E-state index contributed by atoms with van der Waals surface area (Å²) in [6.45, 7) is 3.66. The monoisotopic (exact) mass is 418 g/mol. The van der Waals surface area contributed by atoms with Crippen molar-refractivity contribution in [1.82, 2.24) is 0 Å². The Morgan fingerprint density at radius 1 is 0.536 bits per heavy atom. The number of rotatable bonds is 6. The van der Waals surface area contributed by atoms with Gasteiger partial charge >= 0.3 is 20.2 Å². The molecule has 28 heavy (non-hydrogen) atoms. The highest BCUT2D eigenvalue weighted by Gasteiger charge is 2.23. The molecule has 0 aliphatic rings. The molecule has 0 saturated heterocycles. The Morgan fingerprint density at radius 2 is 0.857 bits per heavy atom. The molecular weight excluding hydrogens is 400 g/mol. The average Bonchev–Trinajstić information content (AvgIpc) is 2.64. The Bertz CT molecular complexity index is 1080. The van der Waals surface area contributed by atoms with Crippen LogP contribution in [0.3, 0.4) is 0 Å². The molecule has 3 aromatic carbocycles. The van der Waals surface area contributed by atoms with Gasteiger partial charge in [0.15, 0.2) is 11.5 Å². The zero-order valence-corrected chi connectivity index (χ0v) is 16.8. The van der Waals surface area contributed by atoms with E-state index in [0.717, 1.165) is 11.1 Å². The molecule has 8 heteroatoms. The molecule has 3 rings (SSSR count). The zero-order chi connectivity index (χ0) is 20.4. The maximum atomic E-state index is 12.5. The van der Waals surface area contributed by atoms with Gasteiger partial charge in [-0.3, -0.25) is 0 Å². The summed E-state index contributed by atoms with van der Waals surface area (Å²) < 4.78 is 60.3. The van der Waals surface area contributed by atoms with Crippen molar-refractivity contribution >= 4 is 20.2 Å². The lowest BCUT2D eigenvalue weighted by Crippen LogP contribution is -2.13. The summed E-state index contributed by atoms with van der Waals surface area (Å²) in [6.07, 6.45) is 0. The molecule has 146 valence electrons. The van der Waals surface area contributed by atoms with E-state index in [1.807, 2.05) is 13.8 Å². The normalized spacial score (nSPS) is 11.8. The third-order valence-corrected chi connectivity index (χ3v) is 6.36. The summed E-state index contributed by atoms with van der Waals surface area (Å²) in [5.41, 5.74) is 1.79. The molecule has 0 spiro atoms. The standard InChI is InChI=1S/C20H18O6S2/c1-15-7-11-17(12-8-15)27(21,22)25-19-5-3-4-6-20(19)26-28(23,24)18-13-9-16(2)10-14-18/h3-14H,1-2H3. The van der Waals surface area contributed by atoms with Crippen molar-refractivity contribution in [3.63, 3.8) is 0 Å². The lowest BCUT2D eigenvalue weighted by Gasteiger charge is -2.12. The molecule has 6 nitrogen and oxygen atoms in total. The van der Waals surface area contributed by atoms with Gasteiger partial charge < -0.3 is 8.37 Å². The Kier molecular flexibility index (Phi) is 5.44. The van der Waals surface area contributed by atoms with Gasteiger partial charge in [-0.25, -0.2) is 0 Å². The van der Waals surface area contributed by atoms with Gasteiger partial charge in [-0.2, -0.15) is 16.8 Å². The van der Waals surface area contributed by atoms with Crippen LogP contribution >= 0.6 is 0 Å².